The van der Waals surface area contributed by atoms with E-state index in [-0.39, 0.29) is 6.10 Å². The molecule has 2 heteroatoms. The lowest BCUT2D eigenvalue weighted by atomic mass is 9.82. The Bertz CT molecular complexity index is 116. The summed E-state index contributed by atoms with van der Waals surface area (Å²) in [4.78, 5) is 0. The van der Waals surface area contributed by atoms with Crippen LogP contribution in [0.15, 0.2) is 0 Å². The van der Waals surface area contributed by atoms with E-state index in [1.54, 1.807) is 0 Å². The van der Waals surface area contributed by atoms with E-state index in [1.807, 2.05) is 0 Å². The van der Waals surface area contributed by atoms with Crippen molar-refractivity contribution in [1.82, 2.24) is 0 Å². The molecule has 2 radical (unpaired) electrons. The summed E-state index contributed by atoms with van der Waals surface area (Å²) in [5.74, 6) is 1.58. The zero-order valence-corrected chi connectivity index (χ0v) is 6.75. The smallest absolute Gasteiger partial charge is 0.0658 e. The van der Waals surface area contributed by atoms with E-state index in [2.05, 4.69) is 13.8 Å². The molecule has 0 aromatic heterocycles. The summed E-state index contributed by atoms with van der Waals surface area (Å²) in [6.45, 7) is 4.36. The number of rotatable bonds is 1. The highest BCUT2D eigenvalue weighted by Gasteiger charge is 2.35. The van der Waals surface area contributed by atoms with Crippen LogP contribution in [0.25, 0.3) is 0 Å². The van der Waals surface area contributed by atoms with Gasteiger partial charge in [0, 0.05) is 0 Å². The molecule has 10 heavy (non-hydrogen) atoms. The van der Waals surface area contributed by atoms with Gasteiger partial charge in [-0.25, -0.2) is 0 Å². The minimum atomic E-state index is -0.144. The van der Waals surface area contributed by atoms with E-state index in [0.29, 0.717) is 24.1 Å². The van der Waals surface area contributed by atoms with Gasteiger partial charge in [-0.05, 0) is 24.2 Å². The van der Waals surface area contributed by atoms with Crippen LogP contribution >= 0.6 is 0 Å². The second-order valence-corrected chi connectivity index (χ2v) is 3.54. The molecule has 4 unspecified atom stereocenters. The first-order chi connectivity index (χ1) is 4.66. The SMILES string of the molecule is [B]CC1C(O)CC(C)C1C. The van der Waals surface area contributed by atoms with Gasteiger partial charge in [0.15, 0.2) is 0 Å². The van der Waals surface area contributed by atoms with Crippen molar-refractivity contribution in [1.29, 1.82) is 0 Å². The van der Waals surface area contributed by atoms with Crippen LogP contribution in [0.3, 0.4) is 0 Å². The fourth-order valence-electron chi connectivity index (χ4n) is 1.91. The minimum absolute atomic E-state index is 0.144. The van der Waals surface area contributed by atoms with Crippen LogP contribution in [0.4, 0.5) is 0 Å². The average molecular weight is 138 g/mol. The molecule has 0 heterocycles. The molecular formula is C8H15BO. The van der Waals surface area contributed by atoms with Gasteiger partial charge < -0.3 is 5.11 Å². The minimum Gasteiger partial charge on any atom is -0.393 e. The number of hydrogen-bond acceptors (Lipinski definition) is 1. The van der Waals surface area contributed by atoms with Gasteiger partial charge in [0.2, 0.25) is 0 Å². The predicted molar refractivity (Wildman–Crippen MR) is 43.0 cm³/mol. The number of aliphatic hydroxyl groups excluding tert-OH is 1. The van der Waals surface area contributed by atoms with Crippen LogP contribution in [0.2, 0.25) is 6.32 Å². The Labute approximate surface area is 64.2 Å². The van der Waals surface area contributed by atoms with E-state index in [1.165, 1.54) is 0 Å². The molecule has 0 aliphatic heterocycles. The molecule has 1 rings (SSSR count). The lowest BCUT2D eigenvalue weighted by molar-refractivity contribution is 0.130. The zero-order valence-electron chi connectivity index (χ0n) is 6.75. The van der Waals surface area contributed by atoms with Crippen LogP contribution in [0, 0.1) is 17.8 Å². The maximum atomic E-state index is 9.45. The highest BCUT2D eigenvalue weighted by atomic mass is 16.3. The third-order valence-electron chi connectivity index (χ3n) is 2.95. The van der Waals surface area contributed by atoms with Crippen molar-refractivity contribution in [3.8, 4) is 0 Å². The molecule has 1 nitrogen and oxygen atoms in total. The summed E-state index contributed by atoms with van der Waals surface area (Å²) in [7, 11) is 5.52. The quantitative estimate of drug-likeness (QED) is 0.540. The topological polar surface area (TPSA) is 20.2 Å². The maximum absolute atomic E-state index is 9.45. The van der Waals surface area contributed by atoms with E-state index < -0.39 is 0 Å². The normalized spacial score (nSPS) is 47.9. The Morgan fingerprint density at radius 3 is 2.30 bits per heavy atom. The summed E-state index contributed by atoms with van der Waals surface area (Å²) in [6, 6.07) is 0. The summed E-state index contributed by atoms with van der Waals surface area (Å²) in [5.41, 5.74) is 0. The molecule has 0 aromatic rings. The van der Waals surface area contributed by atoms with Crippen LogP contribution in [-0.2, 0) is 0 Å². The molecule has 1 aliphatic rings. The summed E-state index contributed by atoms with van der Waals surface area (Å²) in [5, 5.41) is 9.45. The Morgan fingerprint density at radius 2 is 2.10 bits per heavy atom. The molecule has 1 aliphatic carbocycles. The van der Waals surface area contributed by atoms with Gasteiger partial charge in [0.05, 0.1) is 14.0 Å². The van der Waals surface area contributed by atoms with E-state index in [9.17, 15) is 5.11 Å². The highest BCUT2D eigenvalue weighted by molar-refractivity contribution is 6.08. The van der Waals surface area contributed by atoms with E-state index >= 15 is 0 Å². The monoisotopic (exact) mass is 138 g/mol. The first-order valence-corrected chi connectivity index (χ1v) is 4.05. The van der Waals surface area contributed by atoms with Gasteiger partial charge >= 0.3 is 0 Å². The lowest BCUT2D eigenvalue weighted by Crippen LogP contribution is -2.17. The Morgan fingerprint density at radius 1 is 1.50 bits per heavy atom. The van der Waals surface area contributed by atoms with Gasteiger partial charge in [-0.1, -0.05) is 20.2 Å². The maximum Gasteiger partial charge on any atom is 0.0658 e. The van der Waals surface area contributed by atoms with Crippen LogP contribution < -0.4 is 0 Å². The van der Waals surface area contributed by atoms with Crippen molar-refractivity contribution in [3.63, 3.8) is 0 Å². The van der Waals surface area contributed by atoms with E-state index in [4.69, 9.17) is 7.85 Å². The largest absolute Gasteiger partial charge is 0.393 e. The molecule has 0 saturated heterocycles. The van der Waals surface area contributed by atoms with Gasteiger partial charge in [0.25, 0.3) is 0 Å². The van der Waals surface area contributed by atoms with E-state index in [0.717, 1.165) is 6.42 Å². The fourth-order valence-corrected chi connectivity index (χ4v) is 1.91. The Kier molecular flexibility index (Phi) is 2.40. The summed E-state index contributed by atoms with van der Waals surface area (Å²) < 4.78 is 0. The third-order valence-corrected chi connectivity index (χ3v) is 2.95. The van der Waals surface area contributed by atoms with Gasteiger partial charge in [-0.2, -0.15) is 0 Å². The second-order valence-electron chi connectivity index (χ2n) is 3.54. The fraction of sp³-hybridized carbons (Fsp3) is 1.00. The summed E-state index contributed by atoms with van der Waals surface area (Å²) in [6.07, 6.45) is 1.42. The van der Waals surface area contributed by atoms with Crippen molar-refractivity contribution in [2.24, 2.45) is 17.8 Å². The van der Waals surface area contributed by atoms with Crippen molar-refractivity contribution < 1.29 is 5.11 Å². The van der Waals surface area contributed by atoms with Crippen LogP contribution in [-0.4, -0.2) is 19.1 Å². The van der Waals surface area contributed by atoms with Crippen molar-refractivity contribution in [2.75, 3.05) is 0 Å². The highest BCUT2D eigenvalue weighted by Crippen LogP contribution is 2.38. The first-order valence-electron chi connectivity index (χ1n) is 4.05. The molecule has 0 amide bonds. The van der Waals surface area contributed by atoms with Gasteiger partial charge in [0.1, 0.15) is 0 Å². The Hall–Kier alpha value is 0.0249. The molecule has 56 valence electrons. The standard InChI is InChI=1S/C8H15BO/c1-5-3-8(10)7(4-9)6(5)2/h5-8,10H,3-4H2,1-2H3. The third kappa shape index (κ3) is 1.22. The van der Waals surface area contributed by atoms with Crippen molar-refractivity contribution in [2.45, 2.75) is 32.7 Å². The summed E-state index contributed by atoms with van der Waals surface area (Å²) >= 11 is 0. The molecule has 0 aromatic carbocycles. The average Bonchev–Trinajstić information content (AvgIpc) is 2.09. The predicted octanol–water partition coefficient (Wildman–Crippen LogP) is 1.23. The number of aliphatic hydroxyl groups is 1. The number of hydrogen-bond donors (Lipinski definition) is 1. The zero-order chi connectivity index (χ0) is 7.72. The molecule has 1 N–H and O–H groups in total. The second kappa shape index (κ2) is 2.95. The first kappa shape index (κ1) is 8.12. The molecule has 1 saturated carbocycles. The van der Waals surface area contributed by atoms with Crippen molar-refractivity contribution in [3.05, 3.63) is 0 Å². The molecular weight excluding hydrogens is 123 g/mol. The molecule has 4 atom stereocenters. The lowest BCUT2D eigenvalue weighted by Gasteiger charge is -2.17. The van der Waals surface area contributed by atoms with Crippen LogP contribution in [0.5, 0.6) is 0 Å². The van der Waals surface area contributed by atoms with Gasteiger partial charge in [-0.3, -0.25) is 0 Å². The Balaban J connectivity index is 2.55. The van der Waals surface area contributed by atoms with Crippen LogP contribution in [0.1, 0.15) is 20.3 Å². The van der Waals surface area contributed by atoms with Crippen molar-refractivity contribution >= 4 is 7.85 Å². The molecule has 1 fully saturated rings. The molecule has 0 bridgehead atoms. The molecule has 0 spiro atoms. The van der Waals surface area contributed by atoms with Gasteiger partial charge in [-0.15, -0.1) is 0 Å².